The van der Waals surface area contributed by atoms with E-state index in [1.165, 1.54) is 23.8 Å². The average molecular weight is 455 g/mol. The first-order valence-corrected chi connectivity index (χ1v) is 11.3. The van der Waals surface area contributed by atoms with Gasteiger partial charge >= 0.3 is 5.97 Å². The van der Waals surface area contributed by atoms with Crippen LogP contribution in [0.15, 0.2) is 60.7 Å². The minimum atomic E-state index is -1.64. The van der Waals surface area contributed by atoms with Crippen LogP contribution in [-0.2, 0) is 36.9 Å². The van der Waals surface area contributed by atoms with E-state index in [2.05, 4.69) is 5.32 Å². The number of hydrogen-bond donors (Lipinski definition) is 1. The van der Waals surface area contributed by atoms with Gasteiger partial charge in [0.25, 0.3) is 5.91 Å². The van der Waals surface area contributed by atoms with Crippen molar-refractivity contribution in [2.24, 2.45) is 0 Å². The summed E-state index contributed by atoms with van der Waals surface area (Å²) >= 11 is 1.42. The molecule has 0 aliphatic carbocycles. The van der Waals surface area contributed by atoms with Gasteiger partial charge in [-0.15, -0.1) is 11.8 Å². The number of carbonyl (C=O) groups is 3. The van der Waals surface area contributed by atoms with Gasteiger partial charge in [0.1, 0.15) is 12.0 Å². The normalized spacial score (nSPS) is 25.6. The molecule has 7 nitrogen and oxygen atoms in total. The highest BCUT2D eigenvalue weighted by Gasteiger charge is 2.74. The fraction of sp³-hybridized carbons (Fsp3) is 0.375. The predicted octanol–water partition coefficient (Wildman–Crippen LogP) is 2.49. The zero-order chi connectivity index (χ0) is 22.9. The zero-order valence-electron chi connectivity index (χ0n) is 18.2. The number of hydrogen-bond acceptors (Lipinski definition) is 6. The molecule has 0 spiro atoms. The molecule has 32 heavy (non-hydrogen) atoms. The highest BCUT2D eigenvalue weighted by molar-refractivity contribution is 8.01. The van der Waals surface area contributed by atoms with Gasteiger partial charge in [-0.3, -0.25) is 14.5 Å². The maximum Gasteiger partial charge on any atom is 0.355 e. The molecule has 1 N–H and O–H groups in total. The molecule has 0 radical (unpaired) electrons. The van der Waals surface area contributed by atoms with E-state index in [9.17, 15) is 14.4 Å². The van der Waals surface area contributed by atoms with Crippen LogP contribution in [0.25, 0.3) is 0 Å². The third-order valence-corrected chi connectivity index (χ3v) is 7.52. The molecule has 0 aromatic heterocycles. The number of methoxy groups -OCH3 is 1. The predicted molar refractivity (Wildman–Crippen MR) is 120 cm³/mol. The Bertz CT molecular complexity index is 1010. The van der Waals surface area contributed by atoms with E-state index in [0.717, 1.165) is 11.1 Å². The molecular formula is C24H26N2O5S. The average Bonchev–Trinajstić information content (AvgIpc) is 2.98. The number of carbonyl (C=O) groups excluding carboxylic acids is 3. The zero-order valence-corrected chi connectivity index (χ0v) is 19.1. The van der Waals surface area contributed by atoms with Gasteiger partial charge in [0.05, 0.1) is 11.2 Å². The van der Waals surface area contributed by atoms with Crippen LogP contribution in [0.1, 0.15) is 25.0 Å². The number of ether oxygens (including phenoxy) is 2. The molecule has 2 aromatic carbocycles. The Morgan fingerprint density at radius 1 is 1.03 bits per heavy atom. The molecular weight excluding hydrogens is 428 g/mol. The van der Waals surface area contributed by atoms with Crippen molar-refractivity contribution in [3.63, 3.8) is 0 Å². The number of β-lactam (4-membered cyclic amide) rings is 1. The van der Waals surface area contributed by atoms with E-state index >= 15 is 0 Å². The quantitative estimate of drug-likeness (QED) is 0.511. The molecule has 2 aromatic rings. The number of benzene rings is 2. The molecule has 3 atom stereocenters. The second-order valence-corrected chi connectivity index (χ2v) is 10.1. The summed E-state index contributed by atoms with van der Waals surface area (Å²) in [7, 11) is 1.47. The molecule has 8 heteroatoms. The van der Waals surface area contributed by atoms with Crippen molar-refractivity contribution < 1.29 is 23.9 Å². The van der Waals surface area contributed by atoms with Crippen molar-refractivity contribution >= 4 is 29.5 Å². The standard InChI is InChI=1S/C24H26N2O5S/c1-23(2)24(26-20(28)19(30-3)21(26)32-23,22(29)31-15-17-12-8-5-9-13-17)25-18(27)14-16-10-6-4-7-11-16/h4-13,19,21H,14-15H2,1-3H3,(H,25,27)/t19-,21-,24+/m1/s1. The van der Waals surface area contributed by atoms with Crippen LogP contribution in [0, 0.1) is 0 Å². The number of thioether (sulfide) groups is 1. The smallest absolute Gasteiger partial charge is 0.355 e. The molecule has 2 saturated heterocycles. The van der Waals surface area contributed by atoms with Crippen molar-refractivity contribution in [2.45, 2.75) is 48.8 Å². The minimum absolute atomic E-state index is 0.0388. The van der Waals surface area contributed by atoms with Crippen LogP contribution in [0.5, 0.6) is 0 Å². The van der Waals surface area contributed by atoms with E-state index in [1.54, 1.807) is 0 Å². The number of esters is 1. The first-order valence-electron chi connectivity index (χ1n) is 10.4. The minimum Gasteiger partial charge on any atom is -0.458 e. The van der Waals surface area contributed by atoms with Gasteiger partial charge in [-0.2, -0.15) is 0 Å². The second kappa shape index (κ2) is 8.60. The monoisotopic (exact) mass is 454 g/mol. The molecule has 0 unspecified atom stereocenters. The summed E-state index contributed by atoms with van der Waals surface area (Å²) in [5.41, 5.74) is -0.0198. The Hall–Kier alpha value is -2.84. The third-order valence-electron chi connectivity index (χ3n) is 5.93. The SMILES string of the molecule is CO[C@@H]1C(=O)N2[C@@H]1SC(C)(C)[C@]2(NC(=O)Cc1ccccc1)C(=O)OCc1ccccc1. The molecule has 2 aliphatic heterocycles. The maximum absolute atomic E-state index is 13.6. The Morgan fingerprint density at radius 3 is 2.22 bits per heavy atom. The Kier molecular flexibility index (Phi) is 6.01. The van der Waals surface area contributed by atoms with Gasteiger partial charge in [0.15, 0.2) is 6.10 Å². The molecule has 0 saturated carbocycles. The fourth-order valence-electron chi connectivity index (χ4n) is 4.26. The largest absolute Gasteiger partial charge is 0.458 e. The summed E-state index contributed by atoms with van der Waals surface area (Å²) in [5.74, 6) is -1.37. The van der Waals surface area contributed by atoms with E-state index in [1.807, 2.05) is 74.5 Å². The number of nitrogens with zero attached hydrogens (tertiary/aromatic N) is 1. The summed E-state index contributed by atoms with van der Waals surface area (Å²) in [6, 6.07) is 18.5. The van der Waals surface area contributed by atoms with Gasteiger partial charge in [0, 0.05) is 7.11 Å². The molecule has 4 rings (SSSR count). The van der Waals surface area contributed by atoms with Gasteiger partial charge in [0.2, 0.25) is 11.6 Å². The highest BCUT2D eigenvalue weighted by Crippen LogP contribution is 2.56. The van der Waals surface area contributed by atoms with Crippen LogP contribution >= 0.6 is 11.8 Å². The van der Waals surface area contributed by atoms with E-state index in [0.29, 0.717) is 0 Å². The lowest BCUT2D eigenvalue weighted by atomic mass is 9.88. The topological polar surface area (TPSA) is 84.9 Å². The van der Waals surface area contributed by atoms with Gasteiger partial charge in [-0.25, -0.2) is 4.79 Å². The van der Waals surface area contributed by atoms with E-state index in [4.69, 9.17) is 9.47 Å². The Labute approximate surface area is 191 Å². The summed E-state index contributed by atoms with van der Waals surface area (Å²) in [4.78, 5) is 41.0. The van der Waals surface area contributed by atoms with Gasteiger partial charge in [-0.1, -0.05) is 60.7 Å². The van der Waals surface area contributed by atoms with Gasteiger partial charge in [-0.05, 0) is 25.0 Å². The maximum atomic E-state index is 13.6. The summed E-state index contributed by atoms with van der Waals surface area (Å²) < 4.78 is 10.2. The summed E-state index contributed by atoms with van der Waals surface area (Å²) in [6.07, 6.45) is -0.579. The van der Waals surface area contributed by atoms with Crippen LogP contribution < -0.4 is 5.32 Å². The highest BCUT2D eigenvalue weighted by atomic mass is 32.2. The van der Waals surface area contributed by atoms with Crippen molar-refractivity contribution in [3.8, 4) is 0 Å². The first-order chi connectivity index (χ1) is 15.3. The van der Waals surface area contributed by atoms with Crippen LogP contribution in [0.3, 0.4) is 0 Å². The van der Waals surface area contributed by atoms with Crippen molar-refractivity contribution in [3.05, 3.63) is 71.8 Å². The molecule has 2 heterocycles. The molecule has 2 aliphatic rings. The molecule has 168 valence electrons. The Balaban J connectivity index is 1.64. The lowest BCUT2D eigenvalue weighted by molar-refractivity contribution is -0.190. The lowest BCUT2D eigenvalue weighted by Crippen LogP contribution is -2.78. The van der Waals surface area contributed by atoms with Gasteiger partial charge < -0.3 is 14.8 Å². The van der Waals surface area contributed by atoms with Crippen LogP contribution in [0.2, 0.25) is 0 Å². The lowest BCUT2D eigenvalue weighted by Gasteiger charge is -2.49. The third kappa shape index (κ3) is 3.67. The van der Waals surface area contributed by atoms with Crippen molar-refractivity contribution in [2.75, 3.05) is 7.11 Å². The molecule has 2 amide bonds. The number of fused-ring (bicyclic) bond motifs is 1. The summed E-state index contributed by atoms with van der Waals surface area (Å²) in [6.45, 7) is 3.71. The van der Waals surface area contributed by atoms with Crippen LogP contribution in [0.4, 0.5) is 0 Å². The van der Waals surface area contributed by atoms with Crippen molar-refractivity contribution in [1.82, 2.24) is 10.2 Å². The number of rotatable bonds is 7. The Morgan fingerprint density at radius 2 is 1.62 bits per heavy atom. The van der Waals surface area contributed by atoms with Crippen molar-refractivity contribution in [1.29, 1.82) is 0 Å². The van der Waals surface area contributed by atoms with E-state index in [-0.39, 0.29) is 30.2 Å². The number of amides is 2. The van der Waals surface area contributed by atoms with Crippen LogP contribution in [-0.4, -0.2) is 51.7 Å². The molecule has 2 fully saturated rings. The van der Waals surface area contributed by atoms with E-state index < -0.39 is 22.5 Å². The summed E-state index contributed by atoms with van der Waals surface area (Å²) in [5, 5.41) is 2.50. The number of nitrogens with one attached hydrogen (secondary N) is 1. The molecule has 0 bridgehead atoms. The second-order valence-electron chi connectivity index (χ2n) is 8.37. The fourth-order valence-corrected chi connectivity index (χ4v) is 5.99. The first kappa shape index (κ1) is 22.4.